The van der Waals surface area contributed by atoms with Crippen molar-refractivity contribution < 1.29 is 18.0 Å². The van der Waals surface area contributed by atoms with Crippen LogP contribution in [0.1, 0.15) is 46.7 Å². The number of likely N-dealkylation sites (tertiary alicyclic amines) is 1. The molecule has 2 atom stereocenters. The SMILES string of the molecule is Cl.Cn1c(SCCCN2CC[C@]3(C[C@@H]3c3ccc(C(F)(F)F)cc3)C2)nnc1-c1cccc(C(N)=O)c1. The highest BCUT2D eigenvalue weighted by Gasteiger charge is 2.57. The molecule has 1 spiro atoms. The number of thioether (sulfide) groups is 1. The molecule has 0 radical (unpaired) electrons. The maximum absolute atomic E-state index is 12.8. The Hall–Kier alpha value is -2.56. The number of amides is 1. The van der Waals surface area contributed by atoms with Crippen LogP contribution in [-0.2, 0) is 13.2 Å². The van der Waals surface area contributed by atoms with Gasteiger partial charge < -0.3 is 15.2 Å². The van der Waals surface area contributed by atoms with Crippen molar-refractivity contribution in [1.82, 2.24) is 19.7 Å². The number of rotatable bonds is 8. The first-order valence-corrected chi connectivity index (χ1v) is 13.0. The van der Waals surface area contributed by atoms with Gasteiger partial charge in [-0.15, -0.1) is 22.6 Å². The lowest BCUT2D eigenvalue weighted by Gasteiger charge is -2.16. The van der Waals surface area contributed by atoms with Gasteiger partial charge in [0.2, 0.25) is 5.91 Å². The van der Waals surface area contributed by atoms with E-state index in [0.29, 0.717) is 17.3 Å². The summed E-state index contributed by atoms with van der Waals surface area (Å²) in [7, 11) is 1.91. The van der Waals surface area contributed by atoms with Gasteiger partial charge in [-0.2, -0.15) is 13.2 Å². The Morgan fingerprint density at radius 3 is 2.65 bits per heavy atom. The summed E-state index contributed by atoms with van der Waals surface area (Å²) in [6.07, 6.45) is -1.12. The van der Waals surface area contributed by atoms with Gasteiger partial charge in [0.25, 0.3) is 0 Å². The van der Waals surface area contributed by atoms with Gasteiger partial charge in [0.15, 0.2) is 11.0 Å². The van der Waals surface area contributed by atoms with Crippen molar-refractivity contribution in [3.63, 3.8) is 0 Å². The number of hydrogen-bond donors (Lipinski definition) is 1. The van der Waals surface area contributed by atoms with E-state index in [1.54, 1.807) is 42.1 Å². The van der Waals surface area contributed by atoms with Crippen molar-refractivity contribution in [2.24, 2.45) is 18.2 Å². The van der Waals surface area contributed by atoms with Crippen LogP contribution in [-0.4, -0.2) is 51.0 Å². The average molecular weight is 552 g/mol. The fourth-order valence-electron chi connectivity index (χ4n) is 5.30. The second-order valence-electron chi connectivity index (χ2n) is 9.78. The molecule has 1 aromatic heterocycles. The topological polar surface area (TPSA) is 77.0 Å². The molecule has 0 unspecified atom stereocenters. The van der Waals surface area contributed by atoms with Crippen LogP contribution in [0.3, 0.4) is 0 Å². The van der Waals surface area contributed by atoms with Crippen molar-refractivity contribution >= 4 is 30.1 Å². The van der Waals surface area contributed by atoms with Crippen LogP contribution in [0.5, 0.6) is 0 Å². The predicted molar refractivity (Wildman–Crippen MR) is 140 cm³/mol. The first-order valence-electron chi connectivity index (χ1n) is 12.0. The summed E-state index contributed by atoms with van der Waals surface area (Å²) in [5.74, 6) is 1.47. The number of carbonyl (C=O) groups excluding carboxylic acids is 1. The number of benzene rings is 2. The summed E-state index contributed by atoms with van der Waals surface area (Å²) < 4.78 is 40.5. The molecule has 3 aromatic rings. The molecule has 2 aliphatic rings. The largest absolute Gasteiger partial charge is 0.416 e. The zero-order valence-corrected chi connectivity index (χ0v) is 22.0. The number of hydrogen-bond acceptors (Lipinski definition) is 5. The lowest BCUT2D eigenvalue weighted by atomic mass is 9.97. The van der Waals surface area contributed by atoms with E-state index in [1.807, 2.05) is 17.7 Å². The van der Waals surface area contributed by atoms with E-state index in [9.17, 15) is 18.0 Å². The molecule has 37 heavy (non-hydrogen) atoms. The Morgan fingerprint density at radius 2 is 1.95 bits per heavy atom. The van der Waals surface area contributed by atoms with Crippen LogP contribution < -0.4 is 5.73 Å². The van der Waals surface area contributed by atoms with Gasteiger partial charge in [0.05, 0.1) is 5.56 Å². The van der Waals surface area contributed by atoms with E-state index in [-0.39, 0.29) is 17.8 Å². The Labute approximate surface area is 224 Å². The van der Waals surface area contributed by atoms with E-state index in [1.165, 1.54) is 12.1 Å². The fourth-order valence-corrected chi connectivity index (χ4v) is 6.14. The van der Waals surface area contributed by atoms with Crippen molar-refractivity contribution in [2.45, 2.75) is 36.5 Å². The number of aromatic nitrogens is 3. The minimum atomic E-state index is -4.29. The summed E-state index contributed by atoms with van der Waals surface area (Å²) in [6.45, 7) is 3.03. The highest BCUT2D eigenvalue weighted by atomic mass is 35.5. The second kappa shape index (κ2) is 10.7. The highest BCUT2D eigenvalue weighted by Crippen LogP contribution is 2.64. The van der Waals surface area contributed by atoms with Gasteiger partial charge in [-0.05, 0) is 73.5 Å². The van der Waals surface area contributed by atoms with E-state index in [4.69, 9.17) is 5.73 Å². The predicted octanol–water partition coefficient (Wildman–Crippen LogP) is 5.38. The Balaban J connectivity index is 0.00000320. The fraction of sp³-hybridized carbons (Fsp3) is 0.423. The summed E-state index contributed by atoms with van der Waals surface area (Å²) in [4.78, 5) is 13.9. The Kier molecular flexibility index (Phi) is 7.92. The summed E-state index contributed by atoms with van der Waals surface area (Å²) in [5, 5.41) is 9.42. The molecule has 11 heteroatoms. The van der Waals surface area contributed by atoms with Crippen molar-refractivity contribution in [3.05, 3.63) is 65.2 Å². The minimum Gasteiger partial charge on any atom is -0.366 e. The Morgan fingerprint density at radius 1 is 1.19 bits per heavy atom. The molecule has 2 heterocycles. The maximum Gasteiger partial charge on any atom is 0.416 e. The molecule has 1 saturated heterocycles. The zero-order valence-electron chi connectivity index (χ0n) is 20.4. The smallest absolute Gasteiger partial charge is 0.366 e. The second-order valence-corrected chi connectivity index (χ2v) is 10.8. The van der Waals surface area contributed by atoms with E-state index < -0.39 is 17.6 Å². The molecule has 2 fully saturated rings. The molecule has 2 N–H and O–H groups in total. The van der Waals surface area contributed by atoms with E-state index in [2.05, 4.69) is 15.1 Å². The Bertz CT molecular complexity index is 1270. The van der Waals surface area contributed by atoms with Crippen molar-refractivity contribution in [3.8, 4) is 11.4 Å². The van der Waals surface area contributed by atoms with Gasteiger partial charge in [-0.25, -0.2) is 0 Å². The number of primary amides is 1. The summed E-state index contributed by atoms with van der Waals surface area (Å²) >= 11 is 1.65. The lowest BCUT2D eigenvalue weighted by Crippen LogP contribution is -2.23. The van der Waals surface area contributed by atoms with Crippen molar-refractivity contribution in [2.75, 3.05) is 25.4 Å². The average Bonchev–Trinajstić information content (AvgIpc) is 3.19. The van der Waals surface area contributed by atoms with Gasteiger partial charge in [0, 0.05) is 30.5 Å². The maximum atomic E-state index is 12.8. The molecular weight excluding hydrogens is 523 g/mol. The first kappa shape index (κ1) is 27.5. The van der Waals surface area contributed by atoms with Gasteiger partial charge in [0.1, 0.15) is 0 Å². The molecule has 198 valence electrons. The minimum absolute atomic E-state index is 0. The number of nitrogens with zero attached hydrogens (tertiary/aromatic N) is 4. The van der Waals surface area contributed by atoms with E-state index in [0.717, 1.165) is 60.9 Å². The van der Waals surface area contributed by atoms with E-state index >= 15 is 0 Å². The molecule has 1 amide bonds. The van der Waals surface area contributed by atoms with Crippen LogP contribution in [0.25, 0.3) is 11.4 Å². The van der Waals surface area contributed by atoms with Crippen LogP contribution in [0.2, 0.25) is 0 Å². The quantitative estimate of drug-likeness (QED) is 0.300. The number of nitrogens with two attached hydrogens (primary N) is 1. The standard InChI is InChI=1S/C26H28F3N5OS.ClH/c1-33-23(19-5-2-4-18(14-19)22(30)35)31-32-24(33)36-13-3-11-34-12-10-25(16-34)15-21(25)17-6-8-20(9-7-17)26(27,28)29;/h2,4-9,14,21H,3,10-13,15-16H2,1H3,(H2,30,35);1H/t21-,25+;/m1./s1. The van der Waals surface area contributed by atoms with Crippen LogP contribution in [0.15, 0.2) is 53.7 Å². The molecule has 0 bridgehead atoms. The van der Waals surface area contributed by atoms with Crippen LogP contribution >= 0.6 is 24.2 Å². The van der Waals surface area contributed by atoms with Crippen LogP contribution in [0, 0.1) is 5.41 Å². The van der Waals surface area contributed by atoms with Gasteiger partial charge >= 0.3 is 6.18 Å². The monoisotopic (exact) mass is 551 g/mol. The first-order chi connectivity index (χ1) is 17.2. The molecular formula is C26H29ClF3N5OS. The molecule has 1 saturated carbocycles. The number of carbonyl (C=O) groups is 1. The molecule has 1 aliphatic carbocycles. The van der Waals surface area contributed by atoms with Crippen LogP contribution in [0.4, 0.5) is 13.2 Å². The van der Waals surface area contributed by atoms with Gasteiger partial charge in [-0.1, -0.05) is 36.0 Å². The highest BCUT2D eigenvalue weighted by molar-refractivity contribution is 7.99. The normalized spacial score (nSPS) is 21.2. The third-order valence-electron chi connectivity index (χ3n) is 7.38. The number of halogens is 4. The van der Waals surface area contributed by atoms with Crippen molar-refractivity contribution in [1.29, 1.82) is 0 Å². The molecule has 2 aromatic carbocycles. The zero-order chi connectivity index (χ0) is 25.5. The third-order valence-corrected chi connectivity index (χ3v) is 8.49. The number of alkyl halides is 3. The molecule has 1 aliphatic heterocycles. The molecule has 5 rings (SSSR count). The summed E-state index contributed by atoms with van der Waals surface area (Å²) in [5.41, 5.74) is 7.29. The lowest BCUT2D eigenvalue weighted by molar-refractivity contribution is -0.137. The third kappa shape index (κ3) is 5.81. The van der Waals surface area contributed by atoms with Gasteiger partial charge in [-0.3, -0.25) is 4.79 Å². The molecule has 6 nitrogen and oxygen atoms in total. The summed E-state index contributed by atoms with van der Waals surface area (Å²) in [6, 6.07) is 12.8.